The highest BCUT2D eigenvalue weighted by molar-refractivity contribution is 6.33. The van der Waals surface area contributed by atoms with Gasteiger partial charge in [0.1, 0.15) is 5.82 Å². The molecule has 2 amide bonds. The van der Waals surface area contributed by atoms with Crippen molar-refractivity contribution in [3.8, 4) is 0 Å². The molecule has 0 atom stereocenters. The van der Waals surface area contributed by atoms with Crippen LogP contribution in [0.4, 0.5) is 4.39 Å². The first-order valence-corrected chi connectivity index (χ1v) is 7.94. The number of benzene rings is 2. The van der Waals surface area contributed by atoms with Crippen molar-refractivity contribution in [2.45, 2.75) is 13.5 Å². The van der Waals surface area contributed by atoms with E-state index in [1.54, 1.807) is 41.3 Å². The highest BCUT2D eigenvalue weighted by atomic mass is 35.5. The van der Waals surface area contributed by atoms with Crippen molar-refractivity contribution < 1.29 is 14.0 Å². The summed E-state index contributed by atoms with van der Waals surface area (Å²) in [7, 11) is 0. The maximum absolute atomic E-state index is 13.2. The summed E-state index contributed by atoms with van der Waals surface area (Å²) in [4.78, 5) is 25.9. The van der Waals surface area contributed by atoms with Crippen LogP contribution in [0, 0.1) is 5.82 Å². The fraction of sp³-hybridized carbons (Fsp3) is 0.222. The van der Waals surface area contributed by atoms with E-state index in [0.29, 0.717) is 22.7 Å². The molecular formula is C18H18ClFN2O2. The van der Waals surface area contributed by atoms with Gasteiger partial charge in [-0.25, -0.2) is 4.39 Å². The Balaban J connectivity index is 1.95. The van der Waals surface area contributed by atoms with E-state index in [-0.39, 0.29) is 24.8 Å². The second-order valence-corrected chi connectivity index (χ2v) is 5.61. The largest absolute Gasteiger partial charge is 0.343 e. The highest BCUT2D eigenvalue weighted by Crippen LogP contribution is 2.14. The van der Waals surface area contributed by atoms with Crippen molar-refractivity contribution >= 4 is 23.4 Å². The van der Waals surface area contributed by atoms with E-state index in [4.69, 9.17) is 11.6 Å². The molecule has 0 saturated heterocycles. The van der Waals surface area contributed by atoms with Crippen LogP contribution in [0.25, 0.3) is 0 Å². The Morgan fingerprint density at radius 3 is 2.58 bits per heavy atom. The van der Waals surface area contributed by atoms with Crippen LogP contribution in [0.2, 0.25) is 5.02 Å². The number of likely N-dealkylation sites (N-methyl/N-ethyl adjacent to an activating group) is 1. The highest BCUT2D eigenvalue weighted by Gasteiger charge is 2.15. The lowest BCUT2D eigenvalue weighted by Crippen LogP contribution is -2.39. The van der Waals surface area contributed by atoms with Crippen LogP contribution < -0.4 is 5.32 Å². The van der Waals surface area contributed by atoms with Gasteiger partial charge in [-0.1, -0.05) is 35.9 Å². The summed E-state index contributed by atoms with van der Waals surface area (Å²) in [6.07, 6.45) is 0. The summed E-state index contributed by atoms with van der Waals surface area (Å²) < 4.78 is 13.2. The first-order chi connectivity index (χ1) is 11.5. The van der Waals surface area contributed by atoms with Crippen molar-refractivity contribution in [2.75, 3.05) is 13.1 Å². The Hall–Kier alpha value is -2.40. The van der Waals surface area contributed by atoms with E-state index >= 15 is 0 Å². The second kappa shape index (κ2) is 8.45. The minimum Gasteiger partial charge on any atom is -0.343 e. The molecule has 0 heterocycles. The zero-order valence-corrected chi connectivity index (χ0v) is 14.0. The third-order valence-electron chi connectivity index (χ3n) is 3.52. The molecule has 0 aliphatic rings. The molecule has 2 aromatic carbocycles. The lowest BCUT2D eigenvalue weighted by atomic mass is 10.2. The SMILES string of the molecule is CCN(Cc1cccc(F)c1)C(=O)CNC(=O)c1ccccc1Cl. The molecule has 4 nitrogen and oxygen atoms in total. The standard InChI is InChI=1S/C18H18ClFN2O2/c1-2-22(12-13-6-5-7-14(20)10-13)17(23)11-21-18(24)15-8-3-4-9-16(15)19/h3-10H,2,11-12H2,1H3,(H,21,24). The van der Waals surface area contributed by atoms with Gasteiger partial charge in [0.2, 0.25) is 5.91 Å². The average Bonchev–Trinajstić information content (AvgIpc) is 2.57. The van der Waals surface area contributed by atoms with Gasteiger partial charge in [0.05, 0.1) is 17.1 Å². The summed E-state index contributed by atoms with van der Waals surface area (Å²) in [5.74, 6) is -0.999. The quantitative estimate of drug-likeness (QED) is 0.871. The topological polar surface area (TPSA) is 49.4 Å². The Morgan fingerprint density at radius 1 is 1.17 bits per heavy atom. The molecule has 2 aromatic rings. The Kier molecular flexibility index (Phi) is 6.32. The van der Waals surface area contributed by atoms with Crippen molar-refractivity contribution in [2.24, 2.45) is 0 Å². The van der Waals surface area contributed by atoms with Gasteiger partial charge >= 0.3 is 0 Å². The first kappa shape index (κ1) is 17.9. The van der Waals surface area contributed by atoms with Crippen LogP contribution in [0.1, 0.15) is 22.8 Å². The molecule has 0 bridgehead atoms. The Morgan fingerprint density at radius 2 is 1.92 bits per heavy atom. The van der Waals surface area contributed by atoms with Gasteiger partial charge in [0, 0.05) is 13.1 Å². The van der Waals surface area contributed by atoms with Crippen molar-refractivity contribution in [1.29, 1.82) is 0 Å². The van der Waals surface area contributed by atoms with E-state index in [9.17, 15) is 14.0 Å². The first-order valence-electron chi connectivity index (χ1n) is 7.56. The van der Waals surface area contributed by atoms with Gasteiger partial charge in [0.15, 0.2) is 0 Å². The normalized spacial score (nSPS) is 10.3. The molecule has 24 heavy (non-hydrogen) atoms. The zero-order chi connectivity index (χ0) is 17.5. The smallest absolute Gasteiger partial charge is 0.253 e. The van der Waals surface area contributed by atoms with Crippen molar-refractivity contribution in [1.82, 2.24) is 10.2 Å². The van der Waals surface area contributed by atoms with Crippen LogP contribution in [0.15, 0.2) is 48.5 Å². The number of amides is 2. The number of nitrogens with zero attached hydrogens (tertiary/aromatic N) is 1. The molecule has 0 aliphatic heterocycles. The van der Waals surface area contributed by atoms with Crippen LogP contribution in [-0.2, 0) is 11.3 Å². The van der Waals surface area contributed by atoms with Crippen LogP contribution in [-0.4, -0.2) is 29.8 Å². The molecule has 0 saturated carbocycles. The monoisotopic (exact) mass is 348 g/mol. The number of carbonyl (C=O) groups is 2. The number of hydrogen-bond acceptors (Lipinski definition) is 2. The molecule has 0 radical (unpaired) electrons. The van der Waals surface area contributed by atoms with Crippen molar-refractivity contribution in [3.05, 3.63) is 70.5 Å². The molecule has 2 rings (SSSR count). The molecule has 126 valence electrons. The third kappa shape index (κ3) is 4.80. The Labute approximate surface area is 145 Å². The van der Waals surface area contributed by atoms with Gasteiger partial charge in [-0.05, 0) is 36.8 Å². The molecule has 0 aliphatic carbocycles. The van der Waals surface area contributed by atoms with E-state index in [2.05, 4.69) is 5.32 Å². The lowest BCUT2D eigenvalue weighted by molar-refractivity contribution is -0.130. The summed E-state index contributed by atoms with van der Waals surface area (Å²) in [5.41, 5.74) is 1.02. The summed E-state index contributed by atoms with van der Waals surface area (Å²) in [5, 5.41) is 2.89. The molecule has 0 unspecified atom stereocenters. The predicted molar refractivity (Wildman–Crippen MR) is 91.3 cm³/mol. The van der Waals surface area contributed by atoms with Gasteiger partial charge in [-0.2, -0.15) is 0 Å². The number of carbonyl (C=O) groups excluding carboxylic acids is 2. The van der Waals surface area contributed by atoms with Crippen LogP contribution in [0.3, 0.4) is 0 Å². The molecule has 0 spiro atoms. The van der Waals surface area contributed by atoms with Crippen molar-refractivity contribution in [3.63, 3.8) is 0 Å². The minimum absolute atomic E-state index is 0.146. The zero-order valence-electron chi connectivity index (χ0n) is 13.3. The second-order valence-electron chi connectivity index (χ2n) is 5.20. The number of halogens is 2. The maximum Gasteiger partial charge on any atom is 0.253 e. The fourth-order valence-corrected chi connectivity index (χ4v) is 2.46. The molecule has 0 aromatic heterocycles. The average molecular weight is 349 g/mol. The predicted octanol–water partition coefficient (Wildman–Crippen LogP) is 3.26. The van der Waals surface area contributed by atoms with Gasteiger partial charge in [-0.3, -0.25) is 9.59 Å². The minimum atomic E-state index is -0.407. The Bertz CT molecular complexity index is 736. The lowest BCUT2D eigenvalue weighted by Gasteiger charge is -2.21. The third-order valence-corrected chi connectivity index (χ3v) is 3.85. The summed E-state index contributed by atoms with van der Waals surface area (Å²) >= 11 is 5.95. The fourth-order valence-electron chi connectivity index (χ4n) is 2.24. The molecule has 1 N–H and O–H groups in total. The summed E-state index contributed by atoms with van der Waals surface area (Å²) in [6.45, 7) is 2.42. The number of rotatable bonds is 6. The van der Waals surface area contributed by atoms with E-state index < -0.39 is 5.91 Å². The van der Waals surface area contributed by atoms with Crippen LogP contribution >= 0.6 is 11.6 Å². The van der Waals surface area contributed by atoms with Gasteiger partial charge in [-0.15, -0.1) is 0 Å². The van der Waals surface area contributed by atoms with Gasteiger partial charge in [0.25, 0.3) is 5.91 Å². The van der Waals surface area contributed by atoms with Crippen LogP contribution in [0.5, 0.6) is 0 Å². The van der Waals surface area contributed by atoms with E-state index in [0.717, 1.165) is 0 Å². The maximum atomic E-state index is 13.2. The summed E-state index contributed by atoms with van der Waals surface area (Å²) in [6, 6.07) is 12.7. The van der Waals surface area contributed by atoms with E-state index in [1.807, 2.05) is 6.92 Å². The molecular weight excluding hydrogens is 331 g/mol. The number of nitrogens with one attached hydrogen (secondary N) is 1. The number of hydrogen-bond donors (Lipinski definition) is 1. The van der Waals surface area contributed by atoms with E-state index in [1.165, 1.54) is 12.1 Å². The molecule has 6 heteroatoms. The van der Waals surface area contributed by atoms with Gasteiger partial charge < -0.3 is 10.2 Å². The molecule has 0 fully saturated rings.